The van der Waals surface area contributed by atoms with E-state index in [2.05, 4.69) is 242 Å². The summed E-state index contributed by atoms with van der Waals surface area (Å²) in [5, 5.41) is 10.2. The molecule has 0 atom stereocenters. The van der Waals surface area contributed by atoms with Crippen LogP contribution in [-0.4, -0.2) is 5.84 Å². The number of aromatic nitrogens is 1. The molecule has 5 heteroatoms. The zero-order chi connectivity index (χ0) is 43.8. The SMILES string of the molecule is CC(C)c1cccc(C(C)C)c1N1[CH-]N(c2cc(-c3ccccc3)cc(-c3ccccc3)c2)C(c2cc(C(C)(C)C)cc(C(C)(C)C)c2)=N1.[Au].c1ccc2c(c1)[n-]c1ccccc12. The number of rotatable bonds is 7. The largest absolute Gasteiger partial charge is 0.657 e. The molecule has 4 nitrogen and oxygen atoms in total. The van der Waals surface area contributed by atoms with Gasteiger partial charge in [-0.3, -0.25) is 0 Å². The van der Waals surface area contributed by atoms with Crippen molar-refractivity contribution in [2.75, 3.05) is 9.91 Å². The normalized spacial score (nSPS) is 13.0. The summed E-state index contributed by atoms with van der Waals surface area (Å²) in [4.78, 5) is 6.83. The molecule has 2 heterocycles. The predicted octanol–water partition coefficient (Wildman–Crippen LogP) is 15.6. The summed E-state index contributed by atoms with van der Waals surface area (Å²) in [6.07, 6.45) is 0. The van der Waals surface area contributed by atoms with Gasteiger partial charge in [0.05, 0.1) is 0 Å². The Hall–Kier alpha value is -5.65. The summed E-state index contributed by atoms with van der Waals surface area (Å²) in [5.74, 6) is 1.62. The first-order chi connectivity index (χ1) is 29.7. The molecule has 7 aromatic carbocycles. The molecule has 9 rings (SSSR count). The van der Waals surface area contributed by atoms with E-state index in [0.29, 0.717) is 11.8 Å². The second kappa shape index (κ2) is 18.6. The minimum absolute atomic E-state index is 0. The van der Waals surface area contributed by atoms with Crippen molar-refractivity contribution in [3.05, 3.63) is 198 Å². The summed E-state index contributed by atoms with van der Waals surface area (Å²) < 4.78 is 0. The molecule has 0 spiro atoms. The molecule has 0 bridgehead atoms. The Kier molecular flexibility index (Phi) is 13.4. The van der Waals surface area contributed by atoms with E-state index in [1.165, 1.54) is 61.0 Å². The van der Waals surface area contributed by atoms with E-state index < -0.39 is 0 Å². The van der Waals surface area contributed by atoms with Gasteiger partial charge in [0, 0.05) is 39.3 Å². The van der Waals surface area contributed by atoms with Crippen LogP contribution in [0.2, 0.25) is 0 Å². The number of para-hydroxylation sites is 3. The van der Waals surface area contributed by atoms with Gasteiger partial charge >= 0.3 is 0 Å². The monoisotopic (exact) mass is 1010 g/mol. The standard InChI is InChI=1S/C46H52N3.C12H8N.Au/c1-31(2)41-22-17-23-42(32(3)4)43(41)49-30-48(44(47-49)37-25-38(45(5,6)7)29-39(26-37)46(8,9)10)40-27-35(33-18-13-11-14-19-33)24-36(28-40)34-20-15-12-16-21-34;1-3-7-11-9(5-1)10-6-2-4-8-12(10)13-11;/h11-32H,1-10H3;1-8H;/q2*-1;. The number of amidine groups is 1. The smallest absolute Gasteiger partial charge is 0.129 e. The van der Waals surface area contributed by atoms with Gasteiger partial charge in [-0.05, 0) is 108 Å². The number of anilines is 2. The van der Waals surface area contributed by atoms with E-state index >= 15 is 0 Å². The molecule has 1 radical (unpaired) electrons. The maximum Gasteiger partial charge on any atom is 0.129 e. The minimum atomic E-state index is -0.0217. The van der Waals surface area contributed by atoms with Crippen molar-refractivity contribution in [2.45, 2.75) is 91.9 Å². The van der Waals surface area contributed by atoms with Crippen LogP contribution in [0.3, 0.4) is 0 Å². The first-order valence-corrected chi connectivity index (χ1v) is 22.1. The number of hydrogen-bond donors (Lipinski definition) is 0. The van der Waals surface area contributed by atoms with Crippen LogP contribution in [-0.2, 0) is 33.2 Å². The third-order valence-electron chi connectivity index (χ3n) is 11.9. The summed E-state index contributed by atoms with van der Waals surface area (Å²) >= 11 is 0. The Morgan fingerprint density at radius 2 is 0.921 bits per heavy atom. The molecule has 0 amide bonds. The van der Waals surface area contributed by atoms with Gasteiger partial charge in [0.15, 0.2) is 0 Å². The Balaban J connectivity index is 0.000000359. The Bertz CT molecular complexity index is 2690. The van der Waals surface area contributed by atoms with Crippen LogP contribution in [0.15, 0.2) is 169 Å². The minimum Gasteiger partial charge on any atom is -0.657 e. The maximum atomic E-state index is 5.54. The molecule has 0 aliphatic carbocycles. The van der Waals surface area contributed by atoms with Crippen molar-refractivity contribution >= 4 is 39.0 Å². The first kappa shape index (κ1) is 45.4. The topological polar surface area (TPSA) is 32.9 Å². The van der Waals surface area contributed by atoms with Crippen molar-refractivity contribution in [1.82, 2.24) is 4.98 Å². The van der Waals surface area contributed by atoms with Gasteiger partial charge in [-0.1, -0.05) is 203 Å². The van der Waals surface area contributed by atoms with Gasteiger partial charge in [-0.2, -0.15) is 5.10 Å². The fourth-order valence-electron chi connectivity index (χ4n) is 8.30. The zero-order valence-corrected chi connectivity index (χ0v) is 40.6. The van der Waals surface area contributed by atoms with Crippen LogP contribution >= 0.6 is 0 Å². The number of fused-ring (bicyclic) bond motifs is 3. The number of hydrazone groups is 1. The van der Waals surface area contributed by atoms with Crippen molar-refractivity contribution in [1.29, 1.82) is 0 Å². The summed E-state index contributed by atoms with van der Waals surface area (Å²) in [6, 6.07) is 58.6. The Morgan fingerprint density at radius 1 is 0.476 bits per heavy atom. The second-order valence-electron chi connectivity index (χ2n) is 19.3. The van der Waals surface area contributed by atoms with E-state index in [1.54, 1.807) is 0 Å². The second-order valence-corrected chi connectivity index (χ2v) is 19.3. The molecule has 63 heavy (non-hydrogen) atoms. The number of nitrogens with zero attached hydrogens (tertiary/aromatic N) is 4. The van der Waals surface area contributed by atoms with Crippen LogP contribution in [0.4, 0.5) is 11.4 Å². The molecule has 0 saturated carbocycles. The van der Waals surface area contributed by atoms with Crippen LogP contribution < -0.4 is 14.9 Å². The Morgan fingerprint density at radius 3 is 1.37 bits per heavy atom. The van der Waals surface area contributed by atoms with Crippen LogP contribution in [0.1, 0.15) is 109 Å². The van der Waals surface area contributed by atoms with Gasteiger partial charge < -0.3 is 14.9 Å². The fourth-order valence-corrected chi connectivity index (χ4v) is 8.30. The first-order valence-electron chi connectivity index (χ1n) is 22.1. The number of hydrogen-bond acceptors (Lipinski definition) is 3. The van der Waals surface area contributed by atoms with Crippen LogP contribution in [0, 0.1) is 6.67 Å². The van der Waals surface area contributed by atoms with Gasteiger partial charge in [0.1, 0.15) is 5.84 Å². The zero-order valence-electron chi connectivity index (χ0n) is 38.4. The third kappa shape index (κ3) is 9.80. The van der Waals surface area contributed by atoms with Crippen LogP contribution in [0.25, 0.3) is 44.1 Å². The molecule has 0 fully saturated rings. The molecule has 1 aliphatic heterocycles. The van der Waals surface area contributed by atoms with Gasteiger partial charge in [-0.25, -0.2) is 0 Å². The molecule has 8 aromatic rings. The third-order valence-corrected chi connectivity index (χ3v) is 11.9. The number of benzene rings is 7. The molecule has 1 aromatic heterocycles. The van der Waals surface area contributed by atoms with E-state index in [1.807, 2.05) is 12.1 Å². The van der Waals surface area contributed by atoms with Crippen molar-refractivity contribution in [3.8, 4) is 22.3 Å². The summed E-state index contributed by atoms with van der Waals surface area (Å²) in [7, 11) is 0. The van der Waals surface area contributed by atoms with Crippen LogP contribution in [0.5, 0.6) is 0 Å². The average Bonchev–Trinajstić information content (AvgIpc) is 3.89. The Labute approximate surface area is 391 Å². The molecule has 0 saturated heterocycles. The van der Waals surface area contributed by atoms with E-state index in [0.717, 1.165) is 28.1 Å². The molecule has 325 valence electrons. The van der Waals surface area contributed by atoms with Gasteiger partial charge in [0.25, 0.3) is 0 Å². The molecule has 0 N–H and O–H groups in total. The van der Waals surface area contributed by atoms with Gasteiger partial charge in [-0.15, -0.1) is 17.7 Å². The molecular weight excluding hydrogens is 950 g/mol. The summed E-state index contributed by atoms with van der Waals surface area (Å²) in [5.41, 5.74) is 15.4. The molecule has 0 unspecified atom stereocenters. The van der Waals surface area contributed by atoms with Crippen molar-refractivity contribution in [2.24, 2.45) is 5.10 Å². The van der Waals surface area contributed by atoms with E-state index in [4.69, 9.17) is 5.10 Å². The van der Waals surface area contributed by atoms with Gasteiger partial charge in [0.2, 0.25) is 0 Å². The quantitative estimate of drug-likeness (QED) is 0.118. The van der Waals surface area contributed by atoms with E-state index in [9.17, 15) is 0 Å². The molecular formula is C58H60AuN4-2. The van der Waals surface area contributed by atoms with E-state index in [-0.39, 0.29) is 33.2 Å². The van der Waals surface area contributed by atoms with Crippen molar-refractivity contribution in [3.63, 3.8) is 0 Å². The predicted molar refractivity (Wildman–Crippen MR) is 266 cm³/mol. The summed E-state index contributed by atoms with van der Waals surface area (Å²) in [6.45, 7) is 25.1. The van der Waals surface area contributed by atoms with Crippen molar-refractivity contribution < 1.29 is 22.4 Å². The fraction of sp³-hybridized carbons (Fsp3) is 0.241. The molecule has 1 aliphatic rings. The maximum absolute atomic E-state index is 5.54. The average molecular weight is 1010 g/mol.